The molecule has 0 aromatic heterocycles. The molecule has 0 bridgehead atoms. The van der Waals surface area contributed by atoms with Crippen LogP contribution in [0.25, 0.3) is 0 Å². The number of hydrogen-bond acceptors (Lipinski definition) is 5. The molecule has 0 atom stereocenters. The summed E-state index contributed by atoms with van der Waals surface area (Å²) in [6, 6.07) is 0.272. The van der Waals surface area contributed by atoms with E-state index in [1.54, 1.807) is 0 Å². The minimum atomic E-state index is -4.31. The monoisotopic (exact) mass is 425 g/mol. The minimum absolute atomic E-state index is 0.0542. The first-order valence-electron chi connectivity index (χ1n) is 8.77. The summed E-state index contributed by atoms with van der Waals surface area (Å²) in [5.74, 6) is -2.76. The van der Waals surface area contributed by atoms with Crippen molar-refractivity contribution in [2.24, 2.45) is 5.92 Å². The predicted octanol–water partition coefficient (Wildman–Crippen LogP) is 3.98. The number of nitrogen functional groups attached to an aromatic ring is 1. The molecule has 1 fully saturated rings. The van der Waals surface area contributed by atoms with Gasteiger partial charge in [-0.1, -0.05) is 0 Å². The van der Waals surface area contributed by atoms with Crippen molar-refractivity contribution < 1.29 is 36.4 Å². The van der Waals surface area contributed by atoms with Crippen LogP contribution in [0.1, 0.15) is 41.6 Å². The number of nitro benzene ring substituents is 1. The molecule has 1 aliphatic rings. The van der Waals surface area contributed by atoms with E-state index in [-0.39, 0.29) is 36.9 Å². The summed E-state index contributed by atoms with van der Waals surface area (Å²) in [5.41, 5.74) is 4.46. The Morgan fingerprint density at radius 1 is 1.34 bits per heavy atom. The van der Waals surface area contributed by atoms with E-state index >= 15 is 0 Å². The second-order valence-electron chi connectivity index (χ2n) is 6.83. The molecule has 0 radical (unpaired) electrons. The zero-order valence-electron chi connectivity index (χ0n) is 15.4. The second-order valence-corrected chi connectivity index (χ2v) is 6.83. The van der Waals surface area contributed by atoms with Gasteiger partial charge in [-0.05, 0) is 32.6 Å². The predicted molar refractivity (Wildman–Crippen MR) is 93.0 cm³/mol. The van der Waals surface area contributed by atoms with Crippen LogP contribution in [-0.2, 0) is 0 Å². The molecule has 1 aromatic carbocycles. The normalized spacial score (nSPS) is 19.8. The number of hydrogen-bond donors (Lipinski definition) is 2. The maximum atomic E-state index is 12.8. The zero-order valence-corrected chi connectivity index (χ0v) is 15.4. The van der Waals surface area contributed by atoms with Crippen LogP contribution < -0.4 is 15.8 Å². The van der Waals surface area contributed by atoms with Crippen LogP contribution in [0.3, 0.4) is 0 Å². The molecular formula is C17H20F5N3O4. The Balaban J connectivity index is 2.25. The molecule has 1 aromatic rings. The van der Waals surface area contributed by atoms with Gasteiger partial charge in [-0.2, -0.15) is 13.2 Å². The summed E-state index contributed by atoms with van der Waals surface area (Å²) in [5, 5.41) is 13.7. The third kappa shape index (κ3) is 5.45. The van der Waals surface area contributed by atoms with E-state index in [9.17, 15) is 36.9 Å². The molecule has 1 aliphatic carbocycles. The molecule has 29 heavy (non-hydrogen) atoms. The van der Waals surface area contributed by atoms with Crippen LogP contribution in [0.4, 0.5) is 33.3 Å². The summed E-state index contributed by atoms with van der Waals surface area (Å²) in [4.78, 5) is 23.0. The van der Waals surface area contributed by atoms with E-state index in [4.69, 9.17) is 10.5 Å². The van der Waals surface area contributed by atoms with Crippen molar-refractivity contribution in [1.82, 2.24) is 5.32 Å². The van der Waals surface area contributed by atoms with Gasteiger partial charge in [0, 0.05) is 12.1 Å². The maximum Gasteiger partial charge on any atom is 0.391 e. The van der Waals surface area contributed by atoms with Crippen LogP contribution >= 0.6 is 0 Å². The number of rotatable bonds is 6. The molecule has 0 heterocycles. The molecule has 7 nitrogen and oxygen atoms in total. The molecule has 0 unspecified atom stereocenters. The first kappa shape index (κ1) is 22.6. The van der Waals surface area contributed by atoms with Crippen molar-refractivity contribution in [2.45, 2.75) is 51.3 Å². The fraction of sp³-hybridized carbons (Fsp3) is 0.588. The highest BCUT2D eigenvalue weighted by Crippen LogP contribution is 2.39. The molecule has 0 spiro atoms. The highest BCUT2D eigenvalue weighted by Gasteiger charge is 2.41. The number of ether oxygens (including phenoxy) is 1. The lowest BCUT2D eigenvalue weighted by molar-refractivity contribution is -0.385. The van der Waals surface area contributed by atoms with E-state index < -0.39 is 59.0 Å². The molecule has 162 valence electrons. The van der Waals surface area contributed by atoms with Crippen molar-refractivity contribution in [2.75, 3.05) is 12.3 Å². The molecule has 1 saturated carbocycles. The van der Waals surface area contributed by atoms with Crippen LogP contribution in [0, 0.1) is 23.0 Å². The quantitative estimate of drug-likeness (QED) is 0.310. The number of carbonyl (C=O) groups is 1. The number of alkyl halides is 5. The molecule has 12 heteroatoms. The first-order valence-corrected chi connectivity index (χ1v) is 8.77. The van der Waals surface area contributed by atoms with E-state index in [0.29, 0.717) is 0 Å². The largest absolute Gasteiger partial charge is 0.485 e. The molecule has 1 amide bonds. The Hall–Kier alpha value is -2.66. The number of nitrogens with zero attached hydrogens (tertiary/aromatic N) is 1. The highest BCUT2D eigenvalue weighted by atomic mass is 19.4. The summed E-state index contributed by atoms with van der Waals surface area (Å²) in [6.07, 6.45) is -7.40. The lowest BCUT2D eigenvalue weighted by atomic mass is 9.85. The van der Waals surface area contributed by atoms with Crippen molar-refractivity contribution in [1.29, 1.82) is 0 Å². The Morgan fingerprint density at radius 2 is 1.93 bits per heavy atom. The van der Waals surface area contributed by atoms with Crippen LogP contribution in [-0.4, -0.2) is 36.1 Å². The fourth-order valence-corrected chi connectivity index (χ4v) is 3.25. The second kappa shape index (κ2) is 8.78. The average molecular weight is 425 g/mol. The van der Waals surface area contributed by atoms with Gasteiger partial charge in [-0.15, -0.1) is 0 Å². The number of benzene rings is 1. The average Bonchev–Trinajstić information content (AvgIpc) is 2.61. The van der Waals surface area contributed by atoms with Gasteiger partial charge < -0.3 is 15.8 Å². The van der Waals surface area contributed by atoms with Crippen LogP contribution in [0.5, 0.6) is 5.75 Å². The number of nitro groups is 1. The maximum absolute atomic E-state index is 12.8. The van der Waals surface area contributed by atoms with E-state index in [2.05, 4.69) is 5.32 Å². The summed E-state index contributed by atoms with van der Waals surface area (Å²) >= 11 is 0. The lowest BCUT2D eigenvalue weighted by Gasteiger charge is -2.30. The zero-order chi connectivity index (χ0) is 21.9. The number of carbonyl (C=O) groups excluding carboxylic acids is 1. The molecular weight excluding hydrogens is 405 g/mol. The summed E-state index contributed by atoms with van der Waals surface area (Å²) in [7, 11) is 0. The molecule has 2 rings (SSSR count). The van der Waals surface area contributed by atoms with Gasteiger partial charge in [0.15, 0.2) is 5.75 Å². The van der Waals surface area contributed by atoms with Crippen molar-refractivity contribution in [3.05, 3.63) is 27.3 Å². The van der Waals surface area contributed by atoms with Gasteiger partial charge in [-0.3, -0.25) is 14.9 Å². The Morgan fingerprint density at radius 3 is 2.41 bits per heavy atom. The van der Waals surface area contributed by atoms with Crippen molar-refractivity contribution in [3.63, 3.8) is 0 Å². The van der Waals surface area contributed by atoms with Gasteiger partial charge in [0.1, 0.15) is 6.61 Å². The Bertz CT molecular complexity index is 777. The van der Waals surface area contributed by atoms with E-state index in [0.717, 1.165) is 6.07 Å². The molecule has 0 saturated heterocycles. The van der Waals surface area contributed by atoms with Gasteiger partial charge in [-0.25, -0.2) is 8.78 Å². The Labute approximate surface area is 162 Å². The standard InChI is InChI=1S/C17H20F5N3O4/c1-8-12(25(27)28)6-11(15(14(8)23)29-7-13(18)19)16(26)24-10-4-2-9(3-5-10)17(20,21)22/h6,9-10,13H,2-5,7,23H2,1H3,(H,24,26). The highest BCUT2D eigenvalue weighted by molar-refractivity contribution is 6.00. The lowest BCUT2D eigenvalue weighted by Crippen LogP contribution is -2.40. The first-order chi connectivity index (χ1) is 13.4. The smallest absolute Gasteiger partial charge is 0.391 e. The third-order valence-electron chi connectivity index (χ3n) is 4.88. The molecule has 0 aliphatic heterocycles. The number of halogens is 5. The summed E-state index contributed by atoms with van der Waals surface area (Å²) < 4.78 is 68.2. The van der Waals surface area contributed by atoms with Crippen LogP contribution in [0.2, 0.25) is 0 Å². The van der Waals surface area contributed by atoms with E-state index in [1.165, 1.54) is 6.92 Å². The molecule has 3 N–H and O–H groups in total. The van der Waals surface area contributed by atoms with Gasteiger partial charge in [0.2, 0.25) is 0 Å². The number of amides is 1. The van der Waals surface area contributed by atoms with Crippen LogP contribution in [0.15, 0.2) is 6.07 Å². The third-order valence-corrected chi connectivity index (χ3v) is 4.88. The fourth-order valence-electron chi connectivity index (χ4n) is 3.25. The number of anilines is 1. The summed E-state index contributed by atoms with van der Waals surface area (Å²) in [6.45, 7) is 0.196. The van der Waals surface area contributed by atoms with Gasteiger partial charge in [0.25, 0.3) is 18.0 Å². The number of nitrogens with two attached hydrogens (primary N) is 1. The van der Waals surface area contributed by atoms with Crippen molar-refractivity contribution >= 4 is 17.3 Å². The topological polar surface area (TPSA) is 107 Å². The minimum Gasteiger partial charge on any atom is -0.485 e. The van der Waals surface area contributed by atoms with Gasteiger partial charge >= 0.3 is 6.18 Å². The SMILES string of the molecule is Cc1c([N+](=O)[O-])cc(C(=O)NC2CCC(C(F)(F)F)CC2)c(OCC(F)F)c1N. The number of nitrogens with one attached hydrogen (secondary N) is 1. The van der Waals surface area contributed by atoms with Crippen molar-refractivity contribution in [3.8, 4) is 5.75 Å². The van der Waals surface area contributed by atoms with Gasteiger partial charge in [0.05, 0.1) is 27.7 Å². The Kier molecular flexibility index (Phi) is 6.85. The van der Waals surface area contributed by atoms with E-state index in [1.807, 2.05) is 0 Å².